The van der Waals surface area contributed by atoms with Crippen molar-refractivity contribution in [2.24, 2.45) is 0 Å². The van der Waals surface area contributed by atoms with Crippen LogP contribution in [0.1, 0.15) is 11.3 Å². The molecule has 1 aromatic carbocycles. The van der Waals surface area contributed by atoms with Crippen LogP contribution in [-0.4, -0.2) is 19.9 Å². The van der Waals surface area contributed by atoms with Crippen LogP contribution in [0.4, 0.5) is 13.2 Å². The van der Waals surface area contributed by atoms with Crippen molar-refractivity contribution in [3.8, 4) is 5.75 Å². The maximum absolute atomic E-state index is 12.0. The lowest BCUT2D eigenvalue weighted by atomic mass is 10.3. The van der Waals surface area contributed by atoms with Gasteiger partial charge in [-0.05, 0) is 31.2 Å². The highest BCUT2D eigenvalue weighted by Gasteiger charge is 2.31. The first-order valence-electron chi connectivity index (χ1n) is 5.93. The molecule has 1 aromatic heterocycles. The number of benzene rings is 1. The molecule has 0 aliphatic carbocycles. The molecule has 0 saturated heterocycles. The summed E-state index contributed by atoms with van der Waals surface area (Å²) in [6, 6.07) is 3.88. The molecule has 0 aliphatic heterocycles. The fourth-order valence-electron chi connectivity index (χ4n) is 1.57. The van der Waals surface area contributed by atoms with Gasteiger partial charge in [-0.1, -0.05) is 5.16 Å². The van der Waals surface area contributed by atoms with Crippen molar-refractivity contribution in [3.05, 3.63) is 41.8 Å². The van der Waals surface area contributed by atoms with Crippen molar-refractivity contribution >= 4 is 10.0 Å². The third kappa shape index (κ3) is 4.21. The highest BCUT2D eigenvalue weighted by molar-refractivity contribution is 7.89. The lowest BCUT2D eigenvalue weighted by Crippen LogP contribution is -2.23. The fraction of sp³-hybridized carbons (Fsp3) is 0.250. The van der Waals surface area contributed by atoms with Crippen LogP contribution < -0.4 is 9.46 Å². The highest BCUT2D eigenvalue weighted by Crippen LogP contribution is 2.23. The van der Waals surface area contributed by atoms with Crippen molar-refractivity contribution in [3.63, 3.8) is 0 Å². The van der Waals surface area contributed by atoms with E-state index in [0.717, 1.165) is 24.3 Å². The number of hydrogen-bond acceptors (Lipinski definition) is 5. The normalized spacial score (nSPS) is 12.4. The molecule has 0 aliphatic rings. The lowest BCUT2D eigenvalue weighted by molar-refractivity contribution is -0.274. The van der Waals surface area contributed by atoms with Gasteiger partial charge in [0.25, 0.3) is 0 Å². The van der Waals surface area contributed by atoms with E-state index >= 15 is 0 Å². The van der Waals surface area contributed by atoms with Crippen LogP contribution in [0.15, 0.2) is 39.9 Å². The van der Waals surface area contributed by atoms with E-state index in [4.69, 9.17) is 4.52 Å². The molecule has 22 heavy (non-hydrogen) atoms. The van der Waals surface area contributed by atoms with Crippen LogP contribution in [0.5, 0.6) is 5.75 Å². The molecule has 0 spiro atoms. The first-order chi connectivity index (χ1) is 10.2. The molecule has 6 nitrogen and oxygen atoms in total. The van der Waals surface area contributed by atoms with Crippen LogP contribution in [0, 0.1) is 6.92 Å². The monoisotopic (exact) mass is 336 g/mol. The Labute approximate surface area is 123 Å². The van der Waals surface area contributed by atoms with Gasteiger partial charge in [0.05, 0.1) is 11.1 Å². The molecule has 10 heteroatoms. The Kier molecular flexibility index (Phi) is 4.42. The van der Waals surface area contributed by atoms with Crippen LogP contribution >= 0.6 is 0 Å². The maximum Gasteiger partial charge on any atom is 0.573 e. The second-order valence-electron chi connectivity index (χ2n) is 4.25. The summed E-state index contributed by atoms with van der Waals surface area (Å²) in [5, 5.41) is 3.51. The van der Waals surface area contributed by atoms with Crippen LogP contribution in [0.2, 0.25) is 0 Å². The summed E-state index contributed by atoms with van der Waals surface area (Å²) >= 11 is 0. The molecule has 0 fully saturated rings. The SMILES string of the molecule is Cc1oncc1CNS(=O)(=O)c1ccc(OC(F)(F)F)cc1. The third-order valence-corrected chi connectivity index (χ3v) is 4.09. The topological polar surface area (TPSA) is 81.4 Å². The molecule has 0 unspecified atom stereocenters. The molecule has 2 rings (SSSR count). The van der Waals surface area contributed by atoms with Crippen molar-refractivity contribution in [2.75, 3.05) is 0 Å². The van der Waals surface area contributed by atoms with E-state index in [1.807, 2.05) is 0 Å². The molecular weight excluding hydrogens is 325 g/mol. The molecule has 0 bridgehead atoms. The summed E-state index contributed by atoms with van der Waals surface area (Å²) in [6.45, 7) is 1.58. The Morgan fingerprint density at radius 2 is 1.91 bits per heavy atom. The first kappa shape index (κ1) is 16.3. The Bertz CT molecular complexity index is 738. The second kappa shape index (κ2) is 5.97. The first-order valence-corrected chi connectivity index (χ1v) is 7.41. The van der Waals surface area contributed by atoms with Gasteiger partial charge in [0.1, 0.15) is 11.5 Å². The number of ether oxygens (including phenoxy) is 1. The molecule has 0 amide bonds. The highest BCUT2D eigenvalue weighted by atomic mass is 32.2. The number of alkyl halides is 3. The summed E-state index contributed by atoms with van der Waals surface area (Å²) in [4.78, 5) is -0.184. The number of halogens is 3. The van der Waals surface area contributed by atoms with Crippen LogP contribution in [0.25, 0.3) is 0 Å². The Hall–Kier alpha value is -2.07. The van der Waals surface area contributed by atoms with Gasteiger partial charge in [-0.25, -0.2) is 13.1 Å². The van der Waals surface area contributed by atoms with E-state index in [-0.39, 0.29) is 11.4 Å². The lowest BCUT2D eigenvalue weighted by Gasteiger charge is -2.10. The van der Waals surface area contributed by atoms with Gasteiger partial charge in [0.2, 0.25) is 10.0 Å². The number of aryl methyl sites for hydroxylation is 1. The molecular formula is C12H11F3N2O4S. The number of aromatic nitrogens is 1. The average Bonchev–Trinajstić information content (AvgIpc) is 2.81. The smallest absolute Gasteiger partial charge is 0.406 e. The zero-order valence-electron chi connectivity index (χ0n) is 11.2. The molecule has 0 atom stereocenters. The third-order valence-electron chi connectivity index (χ3n) is 2.67. The van der Waals surface area contributed by atoms with E-state index in [9.17, 15) is 21.6 Å². The van der Waals surface area contributed by atoms with Crippen molar-refractivity contribution in [2.45, 2.75) is 24.7 Å². The predicted molar refractivity (Wildman–Crippen MR) is 68.4 cm³/mol. The largest absolute Gasteiger partial charge is 0.573 e. The van der Waals surface area contributed by atoms with Gasteiger partial charge in [-0.2, -0.15) is 0 Å². The van der Waals surface area contributed by atoms with E-state index < -0.39 is 22.1 Å². The van der Waals surface area contributed by atoms with Crippen molar-refractivity contribution < 1.29 is 30.8 Å². The minimum absolute atomic E-state index is 0.0432. The van der Waals surface area contributed by atoms with E-state index in [1.54, 1.807) is 6.92 Å². The zero-order valence-corrected chi connectivity index (χ0v) is 12.0. The molecule has 0 saturated carbocycles. The van der Waals surface area contributed by atoms with Crippen LogP contribution in [-0.2, 0) is 16.6 Å². The summed E-state index contributed by atoms with van der Waals surface area (Å²) < 4.78 is 70.8. The number of sulfonamides is 1. The van der Waals surface area contributed by atoms with E-state index in [0.29, 0.717) is 11.3 Å². The van der Waals surface area contributed by atoms with Gasteiger partial charge in [0, 0.05) is 12.1 Å². The summed E-state index contributed by atoms with van der Waals surface area (Å²) in [7, 11) is -3.87. The summed E-state index contributed by atoms with van der Waals surface area (Å²) in [5.41, 5.74) is 0.556. The van der Waals surface area contributed by atoms with Gasteiger partial charge in [-0.3, -0.25) is 0 Å². The standard InChI is InChI=1S/C12H11F3N2O4S/c1-8-9(6-16-21-8)7-17-22(18,19)11-4-2-10(3-5-11)20-12(13,14)15/h2-6,17H,7H2,1H3. The zero-order chi connectivity index (χ0) is 16.4. The van der Waals surface area contributed by atoms with Crippen molar-refractivity contribution in [1.29, 1.82) is 0 Å². The Morgan fingerprint density at radius 3 is 2.41 bits per heavy atom. The van der Waals surface area contributed by atoms with E-state index in [2.05, 4.69) is 14.6 Å². The molecule has 1 heterocycles. The number of nitrogens with zero attached hydrogens (tertiary/aromatic N) is 1. The molecule has 0 radical (unpaired) electrons. The minimum Gasteiger partial charge on any atom is -0.406 e. The minimum atomic E-state index is -4.83. The molecule has 1 N–H and O–H groups in total. The average molecular weight is 336 g/mol. The van der Waals surface area contributed by atoms with Gasteiger partial charge in [0.15, 0.2) is 0 Å². The van der Waals surface area contributed by atoms with E-state index in [1.165, 1.54) is 6.20 Å². The summed E-state index contributed by atoms with van der Waals surface area (Å²) in [5.74, 6) is -0.0297. The predicted octanol–water partition coefficient (Wildman–Crippen LogP) is 2.36. The number of rotatable bonds is 5. The quantitative estimate of drug-likeness (QED) is 0.906. The van der Waals surface area contributed by atoms with Crippen molar-refractivity contribution in [1.82, 2.24) is 9.88 Å². The number of hydrogen-bond donors (Lipinski definition) is 1. The maximum atomic E-state index is 12.0. The summed E-state index contributed by atoms with van der Waals surface area (Å²) in [6.07, 6.45) is -3.46. The number of nitrogens with one attached hydrogen (secondary N) is 1. The van der Waals surface area contributed by atoms with Crippen LogP contribution in [0.3, 0.4) is 0 Å². The van der Waals surface area contributed by atoms with Gasteiger partial charge >= 0.3 is 6.36 Å². The van der Waals surface area contributed by atoms with Gasteiger partial charge in [-0.15, -0.1) is 13.2 Å². The Balaban J connectivity index is 2.08. The fourth-order valence-corrected chi connectivity index (χ4v) is 2.57. The Morgan fingerprint density at radius 1 is 1.27 bits per heavy atom. The second-order valence-corrected chi connectivity index (χ2v) is 6.02. The van der Waals surface area contributed by atoms with Gasteiger partial charge < -0.3 is 9.26 Å². The molecule has 2 aromatic rings. The molecule has 120 valence electrons.